The van der Waals surface area contributed by atoms with Gasteiger partial charge < -0.3 is 4.79 Å². The number of rotatable bonds is 10. The van der Waals surface area contributed by atoms with Crippen LogP contribution in [0.5, 0.6) is 0 Å². The Hall–Kier alpha value is -0.330. The van der Waals surface area contributed by atoms with E-state index >= 15 is 0 Å². The SMILES string of the molecule is CC[C@@H](C)C[C@@H](C)C[C@@H](C)C[C@@H](C)C[C@H](C)C=O. The molecule has 0 aromatic carbocycles. The zero-order valence-corrected chi connectivity index (χ0v) is 13.4. The van der Waals surface area contributed by atoms with Crippen LogP contribution < -0.4 is 0 Å². The van der Waals surface area contributed by atoms with Gasteiger partial charge in [0.15, 0.2) is 0 Å². The van der Waals surface area contributed by atoms with E-state index in [1.54, 1.807) is 0 Å². The highest BCUT2D eigenvalue weighted by Gasteiger charge is 2.15. The van der Waals surface area contributed by atoms with Gasteiger partial charge in [-0.2, -0.15) is 0 Å². The van der Waals surface area contributed by atoms with Crippen LogP contribution in [-0.4, -0.2) is 6.29 Å². The molecule has 1 nitrogen and oxygen atoms in total. The van der Waals surface area contributed by atoms with Gasteiger partial charge in [-0.3, -0.25) is 0 Å². The minimum absolute atomic E-state index is 0.227. The van der Waals surface area contributed by atoms with E-state index in [-0.39, 0.29) is 5.92 Å². The molecule has 0 saturated heterocycles. The summed E-state index contributed by atoms with van der Waals surface area (Å²) in [6, 6.07) is 0. The molecule has 0 rings (SSSR count). The summed E-state index contributed by atoms with van der Waals surface area (Å²) >= 11 is 0. The fourth-order valence-electron chi connectivity index (χ4n) is 3.21. The fourth-order valence-corrected chi connectivity index (χ4v) is 3.21. The second-order valence-electron chi connectivity index (χ2n) is 6.89. The molecule has 0 spiro atoms. The summed E-state index contributed by atoms with van der Waals surface area (Å²) in [4.78, 5) is 10.7. The molecule has 0 radical (unpaired) electrons. The standard InChI is InChI=1S/C17H34O/c1-7-13(2)8-14(3)9-15(4)10-16(5)11-17(6)12-18/h12-17H,7-11H2,1-6H3/t13-,14-,15-,16-,17+/m1/s1. The smallest absolute Gasteiger partial charge is 0.122 e. The first-order valence-corrected chi connectivity index (χ1v) is 7.84. The maximum absolute atomic E-state index is 10.7. The molecule has 0 aromatic rings. The Morgan fingerprint density at radius 1 is 0.722 bits per heavy atom. The lowest BCUT2D eigenvalue weighted by Gasteiger charge is -2.23. The van der Waals surface area contributed by atoms with E-state index in [0.717, 1.165) is 30.5 Å². The van der Waals surface area contributed by atoms with Crippen LogP contribution >= 0.6 is 0 Å². The van der Waals surface area contributed by atoms with Gasteiger partial charge in [0.2, 0.25) is 0 Å². The molecule has 0 bridgehead atoms. The quantitative estimate of drug-likeness (QED) is 0.481. The van der Waals surface area contributed by atoms with Crippen molar-refractivity contribution in [1.29, 1.82) is 0 Å². The second-order valence-corrected chi connectivity index (χ2v) is 6.89. The lowest BCUT2D eigenvalue weighted by molar-refractivity contribution is -0.111. The predicted octanol–water partition coefficient (Wildman–Crippen LogP) is 5.34. The monoisotopic (exact) mass is 254 g/mol. The zero-order chi connectivity index (χ0) is 14.1. The number of hydrogen-bond acceptors (Lipinski definition) is 1. The molecule has 0 aliphatic carbocycles. The molecule has 0 amide bonds. The van der Waals surface area contributed by atoms with Crippen LogP contribution in [-0.2, 0) is 4.79 Å². The highest BCUT2D eigenvalue weighted by molar-refractivity contribution is 5.52. The molecule has 108 valence electrons. The number of aldehydes is 1. The number of carbonyl (C=O) groups is 1. The van der Waals surface area contributed by atoms with E-state index in [0.29, 0.717) is 5.92 Å². The van der Waals surface area contributed by atoms with E-state index < -0.39 is 0 Å². The minimum atomic E-state index is 0.227. The van der Waals surface area contributed by atoms with E-state index in [4.69, 9.17) is 0 Å². The van der Waals surface area contributed by atoms with E-state index in [9.17, 15) is 4.79 Å². The average molecular weight is 254 g/mol. The first-order valence-electron chi connectivity index (χ1n) is 7.84. The van der Waals surface area contributed by atoms with Gasteiger partial charge in [-0.05, 0) is 49.4 Å². The van der Waals surface area contributed by atoms with Crippen LogP contribution in [0.3, 0.4) is 0 Å². The lowest BCUT2D eigenvalue weighted by atomic mass is 9.83. The summed E-state index contributed by atoms with van der Waals surface area (Å²) in [5.74, 6) is 3.39. The predicted molar refractivity (Wildman–Crippen MR) is 80.6 cm³/mol. The molecule has 0 aliphatic rings. The Bertz CT molecular complexity index is 212. The first-order chi connectivity index (χ1) is 8.38. The van der Waals surface area contributed by atoms with Gasteiger partial charge in [0.25, 0.3) is 0 Å². The first kappa shape index (κ1) is 17.7. The maximum Gasteiger partial charge on any atom is 0.122 e. The van der Waals surface area contributed by atoms with Gasteiger partial charge in [0.1, 0.15) is 6.29 Å². The third kappa shape index (κ3) is 8.72. The van der Waals surface area contributed by atoms with Crippen molar-refractivity contribution in [3.8, 4) is 0 Å². The molecule has 0 N–H and O–H groups in total. The third-order valence-electron chi connectivity index (χ3n) is 4.12. The highest BCUT2D eigenvalue weighted by Crippen LogP contribution is 2.26. The van der Waals surface area contributed by atoms with E-state index in [1.807, 2.05) is 6.92 Å². The van der Waals surface area contributed by atoms with Gasteiger partial charge >= 0.3 is 0 Å². The Balaban J connectivity index is 3.87. The maximum atomic E-state index is 10.7. The van der Waals surface area contributed by atoms with Crippen molar-refractivity contribution in [2.75, 3.05) is 0 Å². The second kappa shape index (κ2) is 9.58. The van der Waals surface area contributed by atoms with Crippen molar-refractivity contribution in [3.63, 3.8) is 0 Å². The van der Waals surface area contributed by atoms with Crippen LogP contribution in [0.1, 0.15) is 73.6 Å². The van der Waals surface area contributed by atoms with Crippen molar-refractivity contribution in [1.82, 2.24) is 0 Å². The summed E-state index contributed by atoms with van der Waals surface area (Å²) in [5, 5.41) is 0. The summed E-state index contributed by atoms with van der Waals surface area (Å²) in [5.41, 5.74) is 0. The molecule has 1 heteroatoms. The Labute approximate surface area is 115 Å². The minimum Gasteiger partial charge on any atom is -0.303 e. The van der Waals surface area contributed by atoms with Crippen molar-refractivity contribution >= 4 is 6.29 Å². The van der Waals surface area contributed by atoms with Crippen molar-refractivity contribution in [2.45, 2.75) is 73.6 Å². The van der Waals surface area contributed by atoms with Crippen LogP contribution in [0.15, 0.2) is 0 Å². The van der Waals surface area contributed by atoms with Gasteiger partial charge in [-0.1, -0.05) is 48.0 Å². The number of hydrogen-bond donors (Lipinski definition) is 0. The van der Waals surface area contributed by atoms with Gasteiger partial charge in [-0.15, -0.1) is 0 Å². The molecule has 0 aliphatic heterocycles. The molecule has 18 heavy (non-hydrogen) atoms. The number of carbonyl (C=O) groups excluding carboxylic acids is 1. The highest BCUT2D eigenvalue weighted by atomic mass is 16.1. The lowest BCUT2D eigenvalue weighted by Crippen LogP contribution is -2.12. The molecule has 0 fully saturated rings. The van der Waals surface area contributed by atoms with E-state index in [1.165, 1.54) is 25.7 Å². The Morgan fingerprint density at radius 3 is 1.50 bits per heavy atom. The molecule has 0 heterocycles. The van der Waals surface area contributed by atoms with Gasteiger partial charge in [-0.25, -0.2) is 0 Å². The molecular weight excluding hydrogens is 220 g/mol. The van der Waals surface area contributed by atoms with Crippen LogP contribution in [0.2, 0.25) is 0 Å². The summed E-state index contributed by atoms with van der Waals surface area (Å²) in [6.07, 6.45) is 7.40. The third-order valence-corrected chi connectivity index (χ3v) is 4.12. The molecule has 0 unspecified atom stereocenters. The largest absolute Gasteiger partial charge is 0.303 e. The normalized spacial score (nSPS) is 19.9. The van der Waals surface area contributed by atoms with E-state index in [2.05, 4.69) is 34.6 Å². The molecule has 0 aromatic heterocycles. The van der Waals surface area contributed by atoms with Gasteiger partial charge in [0.05, 0.1) is 0 Å². The van der Waals surface area contributed by atoms with Crippen molar-refractivity contribution in [2.24, 2.45) is 29.6 Å². The summed E-state index contributed by atoms with van der Waals surface area (Å²) in [6.45, 7) is 13.7. The Kier molecular flexibility index (Phi) is 9.40. The molecule has 0 saturated carbocycles. The zero-order valence-electron chi connectivity index (χ0n) is 13.4. The fraction of sp³-hybridized carbons (Fsp3) is 0.941. The topological polar surface area (TPSA) is 17.1 Å². The average Bonchev–Trinajstić information content (AvgIpc) is 2.27. The summed E-state index contributed by atoms with van der Waals surface area (Å²) < 4.78 is 0. The van der Waals surface area contributed by atoms with Gasteiger partial charge in [0, 0.05) is 5.92 Å². The molecular formula is C17H34O. The Morgan fingerprint density at radius 2 is 1.11 bits per heavy atom. The van der Waals surface area contributed by atoms with Crippen LogP contribution in [0.4, 0.5) is 0 Å². The molecule has 5 atom stereocenters. The van der Waals surface area contributed by atoms with Crippen molar-refractivity contribution in [3.05, 3.63) is 0 Å². The van der Waals surface area contributed by atoms with Crippen LogP contribution in [0, 0.1) is 29.6 Å². The van der Waals surface area contributed by atoms with Crippen molar-refractivity contribution < 1.29 is 4.79 Å². The summed E-state index contributed by atoms with van der Waals surface area (Å²) in [7, 11) is 0. The van der Waals surface area contributed by atoms with Crippen LogP contribution in [0.25, 0.3) is 0 Å².